The van der Waals surface area contributed by atoms with Gasteiger partial charge in [0.1, 0.15) is 5.82 Å². The van der Waals surface area contributed by atoms with Crippen LogP contribution in [0.3, 0.4) is 0 Å². The molecule has 0 saturated heterocycles. The Morgan fingerprint density at radius 1 is 1.47 bits per heavy atom. The summed E-state index contributed by atoms with van der Waals surface area (Å²) < 4.78 is 39.1. The highest BCUT2D eigenvalue weighted by Gasteiger charge is 2.26. The van der Waals surface area contributed by atoms with E-state index < -0.39 is 10.0 Å². The van der Waals surface area contributed by atoms with Crippen LogP contribution in [0.5, 0.6) is 0 Å². The molecule has 17 heavy (non-hydrogen) atoms. The van der Waals surface area contributed by atoms with Crippen LogP contribution in [0.1, 0.15) is 36.9 Å². The lowest BCUT2D eigenvalue weighted by atomic mass is 10.1. The molecule has 1 atom stereocenters. The molecule has 0 radical (unpaired) electrons. The summed E-state index contributed by atoms with van der Waals surface area (Å²) in [6, 6.07) is 4.32. The number of benzene rings is 1. The Balaban J connectivity index is 2.20. The second-order valence-electron chi connectivity index (χ2n) is 4.37. The van der Waals surface area contributed by atoms with Crippen molar-refractivity contribution < 1.29 is 12.8 Å². The summed E-state index contributed by atoms with van der Waals surface area (Å²) in [5.74, 6) is -0.195. The van der Waals surface area contributed by atoms with Crippen LogP contribution < -0.4 is 4.72 Å². The molecule has 0 heterocycles. The largest absolute Gasteiger partial charge is 0.212 e. The summed E-state index contributed by atoms with van der Waals surface area (Å²) in [5.41, 5.74) is 1.82. The quantitative estimate of drug-likeness (QED) is 0.898. The fourth-order valence-corrected chi connectivity index (χ4v) is 3.57. The van der Waals surface area contributed by atoms with E-state index in [1.807, 2.05) is 6.92 Å². The van der Waals surface area contributed by atoms with Crippen LogP contribution in [0.4, 0.5) is 4.39 Å². The first-order valence-corrected chi connectivity index (χ1v) is 7.45. The van der Waals surface area contributed by atoms with Gasteiger partial charge in [-0.1, -0.05) is 13.0 Å². The Bertz CT molecular complexity index is 513. The van der Waals surface area contributed by atoms with Crippen LogP contribution >= 0.6 is 0 Å². The van der Waals surface area contributed by atoms with Crippen LogP contribution in [0.25, 0.3) is 0 Å². The van der Waals surface area contributed by atoms with Crippen LogP contribution in [0.15, 0.2) is 18.2 Å². The van der Waals surface area contributed by atoms with Gasteiger partial charge in [-0.3, -0.25) is 0 Å². The smallest absolute Gasteiger partial charge is 0.212 e. The number of hydrogen-bond donors (Lipinski definition) is 1. The van der Waals surface area contributed by atoms with Gasteiger partial charge in [0.05, 0.1) is 5.75 Å². The van der Waals surface area contributed by atoms with Crippen LogP contribution in [-0.2, 0) is 16.4 Å². The molecule has 1 aliphatic rings. The predicted molar refractivity (Wildman–Crippen MR) is 64.7 cm³/mol. The molecule has 94 valence electrons. The first-order valence-electron chi connectivity index (χ1n) is 5.80. The molecular weight excluding hydrogens is 241 g/mol. The SMILES string of the molecule is CCCS(=O)(=O)N[C@@H]1CCc2ccc(F)cc21. The molecule has 1 aromatic rings. The van der Waals surface area contributed by atoms with Crippen LogP contribution in [0.2, 0.25) is 0 Å². The van der Waals surface area contributed by atoms with E-state index in [1.165, 1.54) is 12.1 Å². The molecule has 1 aromatic carbocycles. The molecule has 0 fully saturated rings. The summed E-state index contributed by atoms with van der Waals surface area (Å²) in [4.78, 5) is 0. The van der Waals surface area contributed by atoms with Gasteiger partial charge in [0, 0.05) is 6.04 Å². The van der Waals surface area contributed by atoms with Crippen molar-refractivity contribution >= 4 is 10.0 Å². The third kappa shape index (κ3) is 2.84. The topological polar surface area (TPSA) is 46.2 Å². The third-order valence-corrected chi connectivity index (χ3v) is 4.57. The minimum absolute atomic E-state index is 0.119. The van der Waals surface area contributed by atoms with Crippen molar-refractivity contribution in [2.45, 2.75) is 32.2 Å². The molecule has 3 nitrogen and oxygen atoms in total. The van der Waals surface area contributed by atoms with Gasteiger partial charge in [-0.2, -0.15) is 0 Å². The molecule has 0 amide bonds. The summed E-state index contributed by atoms with van der Waals surface area (Å²) >= 11 is 0. The first kappa shape index (κ1) is 12.5. The van der Waals surface area contributed by atoms with Crippen LogP contribution in [0, 0.1) is 5.82 Å². The Morgan fingerprint density at radius 3 is 2.94 bits per heavy atom. The number of rotatable bonds is 4. The number of halogens is 1. The second kappa shape index (κ2) is 4.74. The summed E-state index contributed by atoms with van der Waals surface area (Å²) in [6.45, 7) is 1.82. The minimum atomic E-state index is -3.24. The lowest BCUT2D eigenvalue weighted by Gasteiger charge is -2.14. The Kier molecular flexibility index (Phi) is 3.49. The average molecular weight is 257 g/mol. The van der Waals surface area contributed by atoms with Crippen molar-refractivity contribution in [1.29, 1.82) is 0 Å². The van der Waals surface area contributed by atoms with E-state index in [0.29, 0.717) is 12.8 Å². The summed E-state index contributed by atoms with van der Waals surface area (Å²) in [5, 5.41) is 0. The second-order valence-corrected chi connectivity index (χ2v) is 6.24. The van der Waals surface area contributed by atoms with Gasteiger partial charge in [-0.25, -0.2) is 17.5 Å². The fraction of sp³-hybridized carbons (Fsp3) is 0.500. The van der Waals surface area contributed by atoms with Crippen molar-refractivity contribution in [2.24, 2.45) is 0 Å². The van der Waals surface area contributed by atoms with Gasteiger partial charge in [-0.05, 0) is 42.5 Å². The van der Waals surface area contributed by atoms with Gasteiger partial charge in [0.25, 0.3) is 0 Å². The molecule has 0 spiro atoms. The summed E-state index contributed by atoms with van der Waals surface area (Å²) in [7, 11) is -3.24. The van der Waals surface area contributed by atoms with Gasteiger partial charge < -0.3 is 0 Å². The average Bonchev–Trinajstić information content (AvgIpc) is 2.60. The lowest BCUT2D eigenvalue weighted by molar-refractivity contribution is 0.551. The van der Waals surface area contributed by atoms with Crippen molar-refractivity contribution in [1.82, 2.24) is 4.72 Å². The Hall–Kier alpha value is -0.940. The maximum absolute atomic E-state index is 13.1. The number of hydrogen-bond acceptors (Lipinski definition) is 2. The third-order valence-electron chi connectivity index (χ3n) is 2.98. The number of aryl methyl sites for hydroxylation is 1. The lowest BCUT2D eigenvalue weighted by Crippen LogP contribution is -2.29. The zero-order valence-corrected chi connectivity index (χ0v) is 10.6. The van der Waals surface area contributed by atoms with E-state index in [0.717, 1.165) is 17.5 Å². The zero-order chi connectivity index (χ0) is 12.5. The van der Waals surface area contributed by atoms with E-state index in [4.69, 9.17) is 0 Å². The normalized spacial score (nSPS) is 19.3. The fourth-order valence-electron chi connectivity index (χ4n) is 2.24. The van der Waals surface area contributed by atoms with E-state index in [9.17, 15) is 12.8 Å². The zero-order valence-electron chi connectivity index (χ0n) is 9.74. The maximum atomic E-state index is 13.1. The Labute approximate surface area is 101 Å². The molecule has 0 aromatic heterocycles. The standard InChI is InChI=1S/C12H16FNO2S/c1-2-7-17(15,16)14-12-6-4-9-3-5-10(13)8-11(9)12/h3,5,8,12,14H,2,4,6-7H2,1H3/t12-/m1/s1. The van der Waals surface area contributed by atoms with Crippen molar-refractivity contribution in [3.05, 3.63) is 35.1 Å². The summed E-state index contributed by atoms with van der Waals surface area (Å²) in [6.07, 6.45) is 2.09. The Morgan fingerprint density at radius 2 is 2.24 bits per heavy atom. The van der Waals surface area contributed by atoms with Crippen molar-refractivity contribution in [2.75, 3.05) is 5.75 Å². The van der Waals surface area contributed by atoms with Gasteiger partial charge in [-0.15, -0.1) is 0 Å². The van der Waals surface area contributed by atoms with E-state index in [1.54, 1.807) is 6.07 Å². The molecule has 0 unspecified atom stereocenters. The first-order chi connectivity index (χ1) is 8.02. The van der Waals surface area contributed by atoms with E-state index in [2.05, 4.69) is 4.72 Å². The monoisotopic (exact) mass is 257 g/mol. The van der Waals surface area contributed by atoms with Gasteiger partial charge in [0.15, 0.2) is 0 Å². The molecule has 1 aliphatic carbocycles. The number of nitrogens with one attached hydrogen (secondary N) is 1. The molecule has 2 rings (SSSR count). The van der Waals surface area contributed by atoms with E-state index >= 15 is 0 Å². The molecule has 0 bridgehead atoms. The molecule has 0 saturated carbocycles. The number of sulfonamides is 1. The minimum Gasteiger partial charge on any atom is -0.212 e. The van der Waals surface area contributed by atoms with Gasteiger partial charge in [0.2, 0.25) is 10.0 Å². The van der Waals surface area contributed by atoms with E-state index in [-0.39, 0.29) is 17.6 Å². The number of fused-ring (bicyclic) bond motifs is 1. The molecule has 0 aliphatic heterocycles. The highest BCUT2D eigenvalue weighted by molar-refractivity contribution is 7.89. The van der Waals surface area contributed by atoms with Crippen molar-refractivity contribution in [3.8, 4) is 0 Å². The maximum Gasteiger partial charge on any atom is 0.212 e. The highest BCUT2D eigenvalue weighted by Crippen LogP contribution is 2.32. The predicted octanol–water partition coefficient (Wildman–Crippen LogP) is 2.14. The molecular formula is C12H16FNO2S. The molecule has 5 heteroatoms. The van der Waals surface area contributed by atoms with Crippen LogP contribution in [-0.4, -0.2) is 14.2 Å². The van der Waals surface area contributed by atoms with Gasteiger partial charge >= 0.3 is 0 Å². The molecule has 1 N–H and O–H groups in total. The highest BCUT2D eigenvalue weighted by atomic mass is 32.2. The van der Waals surface area contributed by atoms with Crippen molar-refractivity contribution in [3.63, 3.8) is 0 Å².